The molecule has 1 N–H and O–H groups in total. The lowest BCUT2D eigenvalue weighted by Crippen LogP contribution is -2.22. The Bertz CT molecular complexity index is 890. The Labute approximate surface area is 164 Å². The fraction of sp³-hybridized carbons (Fsp3) is 0.286. The molecule has 3 rings (SSSR count). The SMILES string of the molecule is CCc1ccc(NC(=O)[C@@H](C)Sc2nnc(Cc3ccccc3)n2C)cc1. The molecular formula is C21H24N4OS. The average molecular weight is 381 g/mol. The topological polar surface area (TPSA) is 59.8 Å². The molecule has 0 bridgehead atoms. The van der Waals surface area contributed by atoms with Crippen LogP contribution in [-0.2, 0) is 24.7 Å². The van der Waals surface area contributed by atoms with E-state index in [2.05, 4.69) is 34.6 Å². The number of hydrogen-bond acceptors (Lipinski definition) is 4. The monoisotopic (exact) mass is 380 g/mol. The van der Waals surface area contributed by atoms with E-state index in [-0.39, 0.29) is 11.2 Å². The van der Waals surface area contributed by atoms with Gasteiger partial charge >= 0.3 is 0 Å². The van der Waals surface area contributed by atoms with Crippen LogP contribution in [0.25, 0.3) is 0 Å². The van der Waals surface area contributed by atoms with Gasteiger partial charge in [0.25, 0.3) is 0 Å². The van der Waals surface area contributed by atoms with Crippen LogP contribution in [0.3, 0.4) is 0 Å². The van der Waals surface area contributed by atoms with Crippen LogP contribution >= 0.6 is 11.8 Å². The second-order valence-corrected chi connectivity index (χ2v) is 7.73. The third-order valence-corrected chi connectivity index (χ3v) is 5.55. The highest BCUT2D eigenvalue weighted by molar-refractivity contribution is 8.00. The van der Waals surface area contributed by atoms with Crippen molar-refractivity contribution in [2.45, 2.75) is 37.1 Å². The third kappa shape index (κ3) is 4.98. The number of hydrogen-bond donors (Lipinski definition) is 1. The van der Waals surface area contributed by atoms with E-state index in [1.165, 1.54) is 22.9 Å². The van der Waals surface area contributed by atoms with E-state index in [1.54, 1.807) is 0 Å². The summed E-state index contributed by atoms with van der Waals surface area (Å²) in [7, 11) is 1.94. The van der Waals surface area contributed by atoms with Gasteiger partial charge in [-0.05, 0) is 36.6 Å². The lowest BCUT2D eigenvalue weighted by atomic mass is 10.1. The van der Waals surface area contributed by atoms with Crippen LogP contribution in [0.5, 0.6) is 0 Å². The van der Waals surface area contributed by atoms with Gasteiger partial charge in [0.15, 0.2) is 5.16 Å². The average Bonchev–Trinajstić information content (AvgIpc) is 3.03. The first-order valence-corrected chi connectivity index (χ1v) is 9.93. The van der Waals surface area contributed by atoms with Gasteiger partial charge in [-0.25, -0.2) is 0 Å². The van der Waals surface area contributed by atoms with E-state index >= 15 is 0 Å². The summed E-state index contributed by atoms with van der Waals surface area (Å²) in [6.07, 6.45) is 1.70. The summed E-state index contributed by atoms with van der Waals surface area (Å²) in [5, 5.41) is 12.0. The summed E-state index contributed by atoms with van der Waals surface area (Å²) in [6.45, 7) is 3.99. The number of anilines is 1. The van der Waals surface area contributed by atoms with Gasteiger partial charge in [0.1, 0.15) is 5.82 Å². The van der Waals surface area contributed by atoms with E-state index in [1.807, 2.05) is 61.0 Å². The van der Waals surface area contributed by atoms with Crippen molar-refractivity contribution >= 4 is 23.4 Å². The number of aryl methyl sites for hydroxylation is 1. The van der Waals surface area contributed by atoms with Gasteiger partial charge in [-0.1, -0.05) is 61.2 Å². The number of thioether (sulfide) groups is 1. The zero-order chi connectivity index (χ0) is 19.2. The Morgan fingerprint density at radius 1 is 1.07 bits per heavy atom. The molecule has 1 heterocycles. The van der Waals surface area contributed by atoms with Crippen LogP contribution in [0.2, 0.25) is 0 Å². The van der Waals surface area contributed by atoms with E-state index in [0.29, 0.717) is 0 Å². The number of carbonyl (C=O) groups is 1. The van der Waals surface area contributed by atoms with Crippen molar-refractivity contribution in [3.8, 4) is 0 Å². The fourth-order valence-corrected chi connectivity index (χ4v) is 3.49. The van der Waals surface area contributed by atoms with Crippen molar-refractivity contribution in [2.75, 3.05) is 5.32 Å². The maximum absolute atomic E-state index is 12.5. The van der Waals surface area contributed by atoms with Gasteiger partial charge in [-0.15, -0.1) is 10.2 Å². The highest BCUT2D eigenvalue weighted by Gasteiger charge is 2.19. The number of carbonyl (C=O) groups excluding carboxylic acids is 1. The normalized spacial score (nSPS) is 12.0. The van der Waals surface area contributed by atoms with E-state index < -0.39 is 0 Å². The summed E-state index contributed by atoms with van der Waals surface area (Å²) in [4.78, 5) is 12.5. The molecule has 6 heteroatoms. The number of nitrogens with zero attached hydrogens (tertiary/aromatic N) is 3. The van der Waals surface area contributed by atoms with Crippen molar-refractivity contribution in [2.24, 2.45) is 7.05 Å². The summed E-state index contributed by atoms with van der Waals surface area (Å²) in [5.74, 6) is 0.836. The summed E-state index contributed by atoms with van der Waals surface area (Å²) in [6, 6.07) is 18.1. The van der Waals surface area contributed by atoms with Crippen LogP contribution in [0.1, 0.15) is 30.8 Å². The highest BCUT2D eigenvalue weighted by atomic mass is 32.2. The predicted octanol–water partition coefficient (Wildman–Crippen LogP) is 4.09. The Hall–Kier alpha value is -2.60. The van der Waals surface area contributed by atoms with Gasteiger partial charge in [0.05, 0.1) is 5.25 Å². The maximum Gasteiger partial charge on any atom is 0.237 e. The summed E-state index contributed by atoms with van der Waals surface area (Å²) >= 11 is 1.41. The first-order valence-electron chi connectivity index (χ1n) is 9.05. The molecule has 0 unspecified atom stereocenters. The van der Waals surface area contributed by atoms with Gasteiger partial charge in [-0.3, -0.25) is 4.79 Å². The van der Waals surface area contributed by atoms with E-state index in [0.717, 1.165) is 29.5 Å². The Kier molecular flexibility index (Phi) is 6.29. The zero-order valence-electron chi connectivity index (χ0n) is 15.8. The molecule has 0 spiro atoms. The van der Waals surface area contributed by atoms with Gasteiger partial charge < -0.3 is 9.88 Å². The molecule has 140 valence electrons. The lowest BCUT2D eigenvalue weighted by Gasteiger charge is -2.12. The molecule has 1 aromatic heterocycles. The van der Waals surface area contributed by atoms with Crippen LogP contribution in [0, 0.1) is 0 Å². The smallest absolute Gasteiger partial charge is 0.237 e. The van der Waals surface area contributed by atoms with Crippen molar-refractivity contribution in [1.29, 1.82) is 0 Å². The molecule has 1 atom stereocenters. The quantitative estimate of drug-likeness (QED) is 0.627. The zero-order valence-corrected chi connectivity index (χ0v) is 16.7. The first kappa shape index (κ1) is 19.2. The number of nitrogens with one attached hydrogen (secondary N) is 1. The van der Waals surface area contributed by atoms with Crippen LogP contribution < -0.4 is 5.32 Å². The minimum atomic E-state index is -0.275. The van der Waals surface area contributed by atoms with Gasteiger partial charge in [-0.2, -0.15) is 0 Å². The summed E-state index contributed by atoms with van der Waals surface area (Å²) in [5.41, 5.74) is 3.25. The second-order valence-electron chi connectivity index (χ2n) is 6.42. The molecule has 0 aliphatic heterocycles. The minimum Gasteiger partial charge on any atom is -0.325 e. The Morgan fingerprint density at radius 3 is 2.44 bits per heavy atom. The molecule has 0 aliphatic carbocycles. The molecule has 27 heavy (non-hydrogen) atoms. The largest absolute Gasteiger partial charge is 0.325 e. The Balaban J connectivity index is 1.61. The first-order chi connectivity index (χ1) is 13.1. The molecule has 1 amide bonds. The predicted molar refractivity (Wildman–Crippen MR) is 110 cm³/mol. The standard InChI is InChI=1S/C21H24N4OS/c1-4-16-10-12-18(13-11-16)22-20(26)15(2)27-21-24-23-19(25(21)3)14-17-8-6-5-7-9-17/h5-13,15H,4,14H2,1-3H3,(H,22,26)/t15-/m1/s1. The van der Waals surface area contributed by atoms with E-state index in [9.17, 15) is 4.79 Å². The number of rotatable bonds is 7. The number of amides is 1. The molecule has 0 aliphatic rings. The van der Waals surface area contributed by atoms with Crippen molar-refractivity contribution in [3.05, 3.63) is 71.5 Å². The van der Waals surface area contributed by atoms with Crippen LogP contribution in [0.15, 0.2) is 59.8 Å². The maximum atomic E-state index is 12.5. The van der Waals surface area contributed by atoms with Crippen LogP contribution in [-0.4, -0.2) is 25.9 Å². The molecule has 0 fully saturated rings. The van der Waals surface area contributed by atoms with Crippen molar-refractivity contribution in [3.63, 3.8) is 0 Å². The highest BCUT2D eigenvalue weighted by Crippen LogP contribution is 2.23. The number of benzene rings is 2. The molecule has 0 saturated carbocycles. The molecular weight excluding hydrogens is 356 g/mol. The van der Waals surface area contributed by atoms with E-state index in [4.69, 9.17) is 0 Å². The Morgan fingerprint density at radius 2 is 1.78 bits per heavy atom. The van der Waals surface area contributed by atoms with Crippen molar-refractivity contribution < 1.29 is 4.79 Å². The lowest BCUT2D eigenvalue weighted by molar-refractivity contribution is -0.115. The van der Waals surface area contributed by atoms with Crippen LogP contribution in [0.4, 0.5) is 5.69 Å². The van der Waals surface area contributed by atoms with Gasteiger partial charge in [0.2, 0.25) is 5.91 Å². The van der Waals surface area contributed by atoms with Gasteiger partial charge in [0, 0.05) is 19.2 Å². The number of aromatic nitrogens is 3. The fourth-order valence-electron chi connectivity index (χ4n) is 2.66. The molecule has 5 nitrogen and oxygen atoms in total. The second kappa shape index (κ2) is 8.86. The molecule has 2 aromatic carbocycles. The van der Waals surface area contributed by atoms with Crippen molar-refractivity contribution in [1.82, 2.24) is 14.8 Å². The molecule has 3 aromatic rings. The molecule has 0 radical (unpaired) electrons. The molecule has 0 saturated heterocycles. The minimum absolute atomic E-state index is 0.0446. The summed E-state index contributed by atoms with van der Waals surface area (Å²) < 4.78 is 1.96. The third-order valence-electron chi connectivity index (χ3n) is 4.41.